The summed E-state index contributed by atoms with van der Waals surface area (Å²) in [5, 5.41) is 0.0918. The molecule has 3 fully saturated rings. The molecule has 3 amide bonds. The molecule has 0 saturated carbocycles. The predicted molar refractivity (Wildman–Crippen MR) is 118 cm³/mol. The molecule has 0 aromatic rings. The number of cyclic esters (lactones) is 2. The largest absolute Gasteiger partial charge is 0.447 e. The number of nitrogens with zero attached hydrogens (tertiary/aromatic N) is 2. The Hall–Kier alpha value is -1.87. The Bertz CT molecular complexity index is 813. The Balaban J connectivity index is 1.83. The molecule has 3 heterocycles. The van der Waals surface area contributed by atoms with Gasteiger partial charge < -0.3 is 13.9 Å². The third-order valence-corrected chi connectivity index (χ3v) is 11.7. The van der Waals surface area contributed by atoms with E-state index in [1.807, 2.05) is 20.8 Å². The summed E-state index contributed by atoms with van der Waals surface area (Å²) in [7, 11) is -1.94. The van der Waals surface area contributed by atoms with Gasteiger partial charge in [0.2, 0.25) is 5.91 Å². The molecule has 0 N–H and O–H groups in total. The number of imide groups is 1. The fraction of sp³-hybridized carbons (Fsp3) is 0.773. The molecule has 3 saturated heterocycles. The molecule has 174 valence electrons. The molecule has 0 aromatic carbocycles. The van der Waals surface area contributed by atoms with Crippen molar-refractivity contribution >= 4 is 26.4 Å². The van der Waals surface area contributed by atoms with Gasteiger partial charge in [-0.05, 0) is 50.0 Å². The molecule has 0 bridgehead atoms. The Morgan fingerprint density at radius 1 is 1.19 bits per heavy atom. The van der Waals surface area contributed by atoms with Crippen LogP contribution >= 0.6 is 0 Å². The van der Waals surface area contributed by atoms with Gasteiger partial charge in [0.25, 0.3) is 0 Å². The van der Waals surface area contributed by atoms with Crippen molar-refractivity contribution in [2.45, 2.75) is 77.7 Å². The molecular weight excluding hydrogens is 416 g/mol. The summed E-state index contributed by atoms with van der Waals surface area (Å²) < 4.78 is 16.7. The fourth-order valence-electron chi connectivity index (χ4n) is 4.16. The maximum absolute atomic E-state index is 13.1. The molecule has 0 radical (unpaired) electrons. The van der Waals surface area contributed by atoms with Crippen LogP contribution in [0.3, 0.4) is 0 Å². The van der Waals surface area contributed by atoms with Gasteiger partial charge in [0.1, 0.15) is 13.2 Å². The maximum atomic E-state index is 13.1. The Morgan fingerprint density at radius 3 is 2.39 bits per heavy atom. The van der Waals surface area contributed by atoms with Gasteiger partial charge in [-0.15, -0.1) is 0 Å². The lowest BCUT2D eigenvalue weighted by molar-refractivity contribution is -0.131. The van der Waals surface area contributed by atoms with E-state index in [2.05, 4.69) is 33.9 Å². The SMILES string of the molecule is C/C(CO[Si](C)(C)C(C)(C)C)=C1/CN2C(=O)OC[C@@H]2[C@H]1CC(=O)N1C(=O)OCC1(C)C. The molecule has 3 rings (SSSR count). The van der Waals surface area contributed by atoms with Crippen molar-refractivity contribution in [3.8, 4) is 0 Å². The van der Waals surface area contributed by atoms with E-state index < -0.39 is 19.9 Å². The number of amides is 3. The number of ether oxygens (including phenoxy) is 2. The summed E-state index contributed by atoms with van der Waals surface area (Å²) in [4.78, 5) is 40.4. The van der Waals surface area contributed by atoms with Crippen molar-refractivity contribution < 1.29 is 28.3 Å². The zero-order chi connectivity index (χ0) is 23.4. The third-order valence-electron chi connectivity index (χ3n) is 7.25. The second kappa shape index (κ2) is 7.92. The van der Waals surface area contributed by atoms with Crippen LogP contribution in [0, 0.1) is 5.92 Å². The minimum atomic E-state index is -1.94. The predicted octanol–water partition coefficient (Wildman–Crippen LogP) is 3.92. The van der Waals surface area contributed by atoms with Crippen LogP contribution in [-0.4, -0.2) is 74.2 Å². The number of hydrogen-bond donors (Lipinski definition) is 0. The average molecular weight is 453 g/mol. The normalized spacial score (nSPS) is 27.4. The van der Waals surface area contributed by atoms with Crippen LogP contribution in [0.5, 0.6) is 0 Å². The molecule has 3 aliphatic rings. The highest BCUT2D eigenvalue weighted by molar-refractivity contribution is 6.74. The van der Waals surface area contributed by atoms with Gasteiger partial charge >= 0.3 is 12.2 Å². The zero-order valence-corrected chi connectivity index (χ0v) is 21.0. The second-order valence-electron chi connectivity index (χ2n) is 11.0. The van der Waals surface area contributed by atoms with Crippen LogP contribution in [0.15, 0.2) is 11.1 Å². The molecule has 2 atom stereocenters. The molecule has 9 heteroatoms. The van der Waals surface area contributed by atoms with Gasteiger partial charge in [-0.1, -0.05) is 20.8 Å². The first-order chi connectivity index (χ1) is 14.2. The molecule has 3 aliphatic heterocycles. The first-order valence-electron chi connectivity index (χ1n) is 10.9. The van der Waals surface area contributed by atoms with Crippen molar-refractivity contribution in [1.29, 1.82) is 0 Å². The minimum Gasteiger partial charge on any atom is -0.447 e. The molecule has 31 heavy (non-hydrogen) atoms. The minimum absolute atomic E-state index is 0.0918. The summed E-state index contributed by atoms with van der Waals surface area (Å²) in [6, 6.07) is -0.198. The van der Waals surface area contributed by atoms with E-state index in [1.165, 1.54) is 4.90 Å². The lowest BCUT2D eigenvalue weighted by Crippen LogP contribution is -2.47. The van der Waals surface area contributed by atoms with Crippen LogP contribution in [0.2, 0.25) is 18.1 Å². The summed E-state index contributed by atoms with van der Waals surface area (Å²) in [6.07, 6.45) is -0.827. The lowest BCUT2D eigenvalue weighted by Gasteiger charge is -2.36. The highest BCUT2D eigenvalue weighted by Gasteiger charge is 2.50. The molecule has 8 nitrogen and oxygen atoms in total. The van der Waals surface area contributed by atoms with E-state index in [1.54, 1.807) is 4.90 Å². The summed E-state index contributed by atoms with van der Waals surface area (Å²) in [5.41, 5.74) is 1.41. The van der Waals surface area contributed by atoms with Crippen LogP contribution in [0.1, 0.15) is 48.0 Å². The topological polar surface area (TPSA) is 85.4 Å². The van der Waals surface area contributed by atoms with E-state index in [9.17, 15) is 14.4 Å². The highest BCUT2D eigenvalue weighted by Crippen LogP contribution is 2.40. The van der Waals surface area contributed by atoms with Crippen molar-refractivity contribution in [2.75, 3.05) is 26.4 Å². The monoisotopic (exact) mass is 452 g/mol. The molecule has 0 aliphatic carbocycles. The Labute approximate surface area is 186 Å². The molecular formula is C22H36N2O6Si. The van der Waals surface area contributed by atoms with Gasteiger partial charge in [-0.2, -0.15) is 0 Å². The first-order valence-corrected chi connectivity index (χ1v) is 13.8. The number of carbonyl (C=O) groups excluding carboxylic acids is 3. The van der Waals surface area contributed by atoms with Gasteiger partial charge in [0.15, 0.2) is 8.32 Å². The number of carbonyl (C=O) groups is 3. The average Bonchev–Trinajstić information content (AvgIpc) is 3.26. The van der Waals surface area contributed by atoms with E-state index in [0.717, 1.165) is 11.1 Å². The third kappa shape index (κ3) is 4.39. The number of rotatable bonds is 5. The first kappa shape index (κ1) is 23.8. The van der Waals surface area contributed by atoms with E-state index >= 15 is 0 Å². The van der Waals surface area contributed by atoms with E-state index in [0.29, 0.717) is 13.2 Å². The number of hydrogen-bond acceptors (Lipinski definition) is 6. The zero-order valence-electron chi connectivity index (χ0n) is 20.0. The van der Waals surface area contributed by atoms with Gasteiger partial charge in [-0.3, -0.25) is 9.69 Å². The van der Waals surface area contributed by atoms with Crippen molar-refractivity contribution in [3.63, 3.8) is 0 Å². The van der Waals surface area contributed by atoms with Crippen molar-refractivity contribution in [2.24, 2.45) is 5.92 Å². The van der Waals surface area contributed by atoms with Gasteiger partial charge in [0, 0.05) is 18.9 Å². The summed E-state index contributed by atoms with van der Waals surface area (Å²) in [5.74, 6) is -0.486. The second-order valence-corrected chi connectivity index (χ2v) is 15.8. The fourth-order valence-corrected chi connectivity index (χ4v) is 5.17. The van der Waals surface area contributed by atoms with E-state index in [-0.39, 0.29) is 48.6 Å². The molecule has 0 unspecified atom stereocenters. The van der Waals surface area contributed by atoms with Crippen LogP contribution < -0.4 is 0 Å². The maximum Gasteiger partial charge on any atom is 0.417 e. The standard InChI is InChI=1S/C22H36N2O6Si/c1-14(11-30-31(7,8)21(2,3)4)16-10-23-17(12-28-19(23)26)15(16)9-18(25)24-20(27)29-13-22(24,5)6/h15,17H,9-13H2,1-8H3/b16-14+/t15-,17+/m0/s1. The quantitative estimate of drug-likeness (QED) is 0.464. The van der Waals surface area contributed by atoms with Crippen LogP contribution in [-0.2, 0) is 18.7 Å². The van der Waals surface area contributed by atoms with E-state index in [4.69, 9.17) is 13.9 Å². The van der Waals surface area contributed by atoms with Crippen LogP contribution in [0.25, 0.3) is 0 Å². The Kier molecular flexibility index (Phi) is 6.07. The highest BCUT2D eigenvalue weighted by atomic mass is 28.4. The Morgan fingerprint density at radius 2 is 1.84 bits per heavy atom. The van der Waals surface area contributed by atoms with Crippen molar-refractivity contribution in [1.82, 2.24) is 9.80 Å². The lowest BCUT2D eigenvalue weighted by atomic mass is 9.89. The van der Waals surface area contributed by atoms with Crippen LogP contribution in [0.4, 0.5) is 9.59 Å². The molecule has 0 aromatic heterocycles. The van der Waals surface area contributed by atoms with Gasteiger partial charge in [0.05, 0.1) is 18.2 Å². The number of fused-ring (bicyclic) bond motifs is 1. The summed E-state index contributed by atoms with van der Waals surface area (Å²) >= 11 is 0. The molecule has 0 spiro atoms. The van der Waals surface area contributed by atoms with Gasteiger partial charge in [-0.25, -0.2) is 14.5 Å². The summed E-state index contributed by atoms with van der Waals surface area (Å²) in [6.45, 7) is 18.0. The van der Waals surface area contributed by atoms with Crippen molar-refractivity contribution in [3.05, 3.63) is 11.1 Å². The smallest absolute Gasteiger partial charge is 0.417 e.